The Morgan fingerprint density at radius 1 is 1.00 bits per heavy atom. The smallest absolute Gasteiger partial charge is 0.150 e. The summed E-state index contributed by atoms with van der Waals surface area (Å²) < 4.78 is 0. The Bertz CT molecular complexity index is 494. The average Bonchev–Trinajstić information content (AvgIpc) is 2.32. The second-order valence-electron chi connectivity index (χ2n) is 3.25. The van der Waals surface area contributed by atoms with Crippen LogP contribution in [0.15, 0.2) is 58.3 Å². The summed E-state index contributed by atoms with van der Waals surface area (Å²) in [5.74, 6) is 0. The summed E-state index contributed by atoms with van der Waals surface area (Å²) in [5.41, 5.74) is 0.693. The van der Waals surface area contributed by atoms with Gasteiger partial charge in [0.25, 0.3) is 0 Å². The van der Waals surface area contributed by atoms with E-state index in [2.05, 4.69) is 0 Å². The Balaban J connectivity index is 2.20. The van der Waals surface area contributed by atoms with Crippen LogP contribution in [0.3, 0.4) is 0 Å². The van der Waals surface area contributed by atoms with Crippen molar-refractivity contribution in [3.05, 3.63) is 59.1 Å². The third-order valence-corrected chi connectivity index (χ3v) is 3.29. The van der Waals surface area contributed by atoms with Crippen molar-refractivity contribution in [3.8, 4) is 0 Å². The highest BCUT2D eigenvalue weighted by molar-refractivity contribution is 7.99. The lowest BCUT2D eigenvalue weighted by atomic mass is 10.2. The van der Waals surface area contributed by atoms with Crippen molar-refractivity contribution in [2.45, 2.75) is 9.79 Å². The van der Waals surface area contributed by atoms with Gasteiger partial charge in [0.05, 0.1) is 0 Å². The summed E-state index contributed by atoms with van der Waals surface area (Å²) >= 11 is 7.42. The van der Waals surface area contributed by atoms with Crippen molar-refractivity contribution >= 4 is 29.6 Å². The molecule has 0 atom stereocenters. The second-order valence-corrected chi connectivity index (χ2v) is 4.83. The number of halogens is 1. The van der Waals surface area contributed by atoms with Gasteiger partial charge in [0.2, 0.25) is 0 Å². The van der Waals surface area contributed by atoms with Crippen molar-refractivity contribution in [2.75, 3.05) is 0 Å². The summed E-state index contributed by atoms with van der Waals surface area (Å²) in [6.07, 6.45) is 0.853. The molecule has 80 valence electrons. The molecule has 0 aliphatic heterocycles. The van der Waals surface area contributed by atoms with E-state index in [1.165, 1.54) is 0 Å². The Labute approximate surface area is 103 Å². The molecule has 0 fully saturated rings. The quantitative estimate of drug-likeness (QED) is 0.754. The van der Waals surface area contributed by atoms with E-state index in [1.54, 1.807) is 17.8 Å². The van der Waals surface area contributed by atoms with Crippen LogP contribution in [-0.2, 0) is 0 Å². The molecule has 0 N–H and O–H groups in total. The van der Waals surface area contributed by atoms with Crippen molar-refractivity contribution in [3.63, 3.8) is 0 Å². The van der Waals surface area contributed by atoms with Crippen LogP contribution >= 0.6 is 23.4 Å². The van der Waals surface area contributed by atoms with Gasteiger partial charge < -0.3 is 0 Å². The van der Waals surface area contributed by atoms with E-state index in [0.29, 0.717) is 5.56 Å². The predicted molar refractivity (Wildman–Crippen MR) is 67.4 cm³/mol. The lowest BCUT2D eigenvalue weighted by Crippen LogP contribution is -1.79. The Hall–Kier alpha value is -1.25. The predicted octanol–water partition coefficient (Wildman–Crippen LogP) is 4.30. The third kappa shape index (κ3) is 2.87. The van der Waals surface area contributed by atoms with Crippen LogP contribution in [-0.4, -0.2) is 6.29 Å². The highest BCUT2D eigenvalue weighted by atomic mass is 35.5. The topological polar surface area (TPSA) is 17.1 Å². The molecule has 2 aromatic rings. The zero-order valence-electron chi connectivity index (χ0n) is 8.39. The number of rotatable bonds is 3. The normalized spacial score (nSPS) is 10.1. The molecule has 0 saturated heterocycles. The van der Waals surface area contributed by atoms with E-state index in [-0.39, 0.29) is 0 Å². The standard InChI is InChI=1S/C13H9ClOS/c14-11-4-6-12(7-5-11)16-13-3-1-2-10(8-13)9-15/h1-9H. The zero-order valence-corrected chi connectivity index (χ0v) is 9.96. The molecule has 0 unspecified atom stereocenters. The van der Waals surface area contributed by atoms with Crippen LogP contribution < -0.4 is 0 Å². The molecule has 0 saturated carbocycles. The minimum atomic E-state index is 0.693. The van der Waals surface area contributed by atoms with Gasteiger partial charge in [0, 0.05) is 20.4 Å². The maximum Gasteiger partial charge on any atom is 0.150 e. The molecule has 0 bridgehead atoms. The maximum absolute atomic E-state index is 10.6. The van der Waals surface area contributed by atoms with E-state index >= 15 is 0 Å². The summed E-state index contributed by atoms with van der Waals surface area (Å²) in [6.45, 7) is 0. The number of hydrogen-bond acceptors (Lipinski definition) is 2. The van der Waals surface area contributed by atoms with E-state index in [9.17, 15) is 4.79 Å². The molecular weight excluding hydrogens is 240 g/mol. The Morgan fingerprint density at radius 3 is 2.44 bits per heavy atom. The Morgan fingerprint density at radius 2 is 1.75 bits per heavy atom. The van der Waals surface area contributed by atoms with Gasteiger partial charge in [-0.3, -0.25) is 4.79 Å². The van der Waals surface area contributed by atoms with Gasteiger partial charge in [-0.2, -0.15) is 0 Å². The number of benzene rings is 2. The molecule has 3 heteroatoms. The number of carbonyl (C=O) groups is 1. The minimum absolute atomic E-state index is 0.693. The summed E-state index contributed by atoms with van der Waals surface area (Å²) in [4.78, 5) is 12.8. The highest BCUT2D eigenvalue weighted by Gasteiger charge is 1.98. The molecule has 0 aliphatic carbocycles. The van der Waals surface area contributed by atoms with Crippen LogP contribution in [0.4, 0.5) is 0 Å². The number of aldehydes is 1. The van der Waals surface area contributed by atoms with Crippen molar-refractivity contribution in [2.24, 2.45) is 0 Å². The molecule has 0 heterocycles. The van der Waals surface area contributed by atoms with Crippen molar-refractivity contribution in [1.82, 2.24) is 0 Å². The van der Waals surface area contributed by atoms with Gasteiger partial charge in [-0.05, 0) is 36.4 Å². The van der Waals surface area contributed by atoms with Crippen LogP contribution in [0.25, 0.3) is 0 Å². The van der Waals surface area contributed by atoms with Gasteiger partial charge in [-0.15, -0.1) is 0 Å². The molecule has 16 heavy (non-hydrogen) atoms. The van der Waals surface area contributed by atoms with Gasteiger partial charge in [0.15, 0.2) is 0 Å². The molecule has 0 amide bonds. The third-order valence-electron chi connectivity index (χ3n) is 2.04. The summed E-state index contributed by atoms with van der Waals surface area (Å²) in [5, 5.41) is 0.728. The fraction of sp³-hybridized carbons (Fsp3) is 0. The molecular formula is C13H9ClOS. The fourth-order valence-corrected chi connectivity index (χ4v) is 2.30. The largest absolute Gasteiger partial charge is 0.298 e. The van der Waals surface area contributed by atoms with E-state index in [1.807, 2.05) is 42.5 Å². The zero-order chi connectivity index (χ0) is 11.4. The van der Waals surface area contributed by atoms with E-state index in [4.69, 9.17) is 11.6 Å². The number of hydrogen-bond donors (Lipinski definition) is 0. The van der Waals surface area contributed by atoms with Gasteiger partial charge >= 0.3 is 0 Å². The summed E-state index contributed by atoms with van der Waals surface area (Å²) in [6, 6.07) is 15.1. The lowest BCUT2D eigenvalue weighted by Gasteiger charge is -2.02. The van der Waals surface area contributed by atoms with Gasteiger partial charge in [0.1, 0.15) is 6.29 Å². The Kier molecular flexibility index (Phi) is 3.65. The molecule has 0 aliphatic rings. The molecule has 0 radical (unpaired) electrons. The first-order valence-corrected chi connectivity index (χ1v) is 5.96. The monoisotopic (exact) mass is 248 g/mol. The molecule has 2 aromatic carbocycles. The average molecular weight is 249 g/mol. The van der Waals surface area contributed by atoms with Crippen LogP contribution in [0, 0.1) is 0 Å². The summed E-state index contributed by atoms with van der Waals surface area (Å²) in [7, 11) is 0. The number of carbonyl (C=O) groups excluding carboxylic acids is 1. The van der Waals surface area contributed by atoms with Crippen LogP contribution in [0.1, 0.15) is 10.4 Å². The van der Waals surface area contributed by atoms with E-state index < -0.39 is 0 Å². The highest BCUT2D eigenvalue weighted by Crippen LogP contribution is 2.28. The molecule has 1 nitrogen and oxygen atoms in total. The van der Waals surface area contributed by atoms with Gasteiger partial charge in [-0.1, -0.05) is 35.5 Å². The minimum Gasteiger partial charge on any atom is -0.298 e. The molecule has 0 spiro atoms. The van der Waals surface area contributed by atoms with Crippen molar-refractivity contribution in [1.29, 1.82) is 0 Å². The SMILES string of the molecule is O=Cc1cccc(Sc2ccc(Cl)cc2)c1. The van der Waals surface area contributed by atoms with Gasteiger partial charge in [-0.25, -0.2) is 0 Å². The van der Waals surface area contributed by atoms with Crippen LogP contribution in [0.2, 0.25) is 5.02 Å². The fourth-order valence-electron chi connectivity index (χ4n) is 1.29. The second kappa shape index (κ2) is 5.19. The first kappa shape index (κ1) is 11.2. The molecule has 0 aromatic heterocycles. The first-order valence-electron chi connectivity index (χ1n) is 4.76. The van der Waals surface area contributed by atoms with E-state index in [0.717, 1.165) is 21.1 Å². The van der Waals surface area contributed by atoms with Crippen LogP contribution in [0.5, 0.6) is 0 Å². The maximum atomic E-state index is 10.6. The lowest BCUT2D eigenvalue weighted by molar-refractivity contribution is 0.112. The molecule has 2 rings (SSSR count). The first-order chi connectivity index (χ1) is 7.78. The van der Waals surface area contributed by atoms with Crippen molar-refractivity contribution < 1.29 is 4.79 Å².